The number of amides is 1. The Morgan fingerprint density at radius 3 is 2.30 bits per heavy atom. The van der Waals surface area contributed by atoms with E-state index in [-0.39, 0.29) is 12.1 Å². The first-order valence-corrected chi connectivity index (χ1v) is 8.39. The van der Waals surface area contributed by atoms with Crippen molar-refractivity contribution in [2.45, 2.75) is 64.5 Å². The molecule has 0 radical (unpaired) electrons. The van der Waals surface area contributed by atoms with Crippen molar-refractivity contribution in [3.05, 3.63) is 35.4 Å². The van der Waals surface area contributed by atoms with Gasteiger partial charge >= 0.3 is 6.09 Å². The molecule has 1 saturated carbocycles. The van der Waals surface area contributed by atoms with Crippen LogP contribution in [0.4, 0.5) is 4.79 Å². The summed E-state index contributed by atoms with van der Waals surface area (Å²) >= 11 is 0. The highest BCUT2D eigenvalue weighted by atomic mass is 16.6. The minimum absolute atomic E-state index is 0.221. The van der Waals surface area contributed by atoms with Crippen LogP contribution < -0.4 is 5.32 Å². The molecule has 0 unspecified atom stereocenters. The van der Waals surface area contributed by atoms with Gasteiger partial charge in [0.25, 0.3) is 0 Å². The van der Waals surface area contributed by atoms with E-state index in [1.165, 1.54) is 5.56 Å². The summed E-state index contributed by atoms with van der Waals surface area (Å²) in [7, 11) is 0. The van der Waals surface area contributed by atoms with Crippen LogP contribution in [0.2, 0.25) is 0 Å². The van der Waals surface area contributed by atoms with Crippen molar-refractivity contribution in [3.8, 4) is 0 Å². The molecule has 0 atom stereocenters. The number of ether oxygens (including phenoxy) is 1. The van der Waals surface area contributed by atoms with Gasteiger partial charge in [0.15, 0.2) is 0 Å². The van der Waals surface area contributed by atoms with Gasteiger partial charge in [-0.3, -0.25) is 4.79 Å². The highest BCUT2D eigenvalue weighted by Gasteiger charge is 2.24. The maximum Gasteiger partial charge on any atom is 0.407 e. The highest BCUT2D eigenvalue weighted by Crippen LogP contribution is 2.27. The molecule has 1 N–H and O–H groups in total. The van der Waals surface area contributed by atoms with Crippen LogP contribution in [-0.2, 0) is 11.2 Å². The van der Waals surface area contributed by atoms with Crippen molar-refractivity contribution in [2.24, 2.45) is 5.92 Å². The number of benzene rings is 1. The fourth-order valence-corrected chi connectivity index (χ4v) is 3.05. The van der Waals surface area contributed by atoms with E-state index in [9.17, 15) is 9.59 Å². The summed E-state index contributed by atoms with van der Waals surface area (Å²) in [5.41, 5.74) is 1.55. The number of nitrogens with one attached hydrogen (secondary N) is 1. The smallest absolute Gasteiger partial charge is 0.407 e. The molecule has 0 spiro atoms. The summed E-state index contributed by atoms with van der Waals surface area (Å²) in [4.78, 5) is 22.5. The second-order valence-corrected chi connectivity index (χ2v) is 7.43. The van der Waals surface area contributed by atoms with Gasteiger partial charge in [0.2, 0.25) is 0 Å². The molecule has 126 valence electrons. The number of hydrogen-bond acceptors (Lipinski definition) is 3. The van der Waals surface area contributed by atoms with Crippen LogP contribution in [0.1, 0.15) is 62.4 Å². The van der Waals surface area contributed by atoms with E-state index in [1.807, 2.05) is 45.0 Å². The molecule has 4 heteroatoms. The fourth-order valence-electron chi connectivity index (χ4n) is 3.05. The van der Waals surface area contributed by atoms with Gasteiger partial charge < -0.3 is 10.1 Å². The largest absolute Gasteiger partial charge is 0.444 e. The van der Waals surface area contributed by atoms with Gasteiger partial charge in [-0.15, -0.1) is 0 Å². The lowest BCUT2D eigenvalue weighted by molar-refractivity contribution is 0.0487. The molecular formula is C19H27NO3. The van der Waals surface area contributed by atoms with Crippen molar-refractivity contribution >= 4 is 12.4 Å². The summed E-state index contributed by atoms with van der Waals surface area (Å²) in [6.45, 7) is 5.62. The van der Waals surface area contributed by atoms with E-state index in [2.05, 4.69) is 5.32 Å². The second-order valence-electron chi connectivity index (χ2n) is 7.43. The first-order chi connectivity index (χ1) is 10.9. The summed E-state index contributed by atoms with van der Waals surface area (Å²) < 4.78 is 5.31. The Labute approximate surface area is 138 Å². The molecule has 1 amide bonds. The van der Waals surface area contributed by atoms with Gasteiger partial charge in [-0.25, -0.2) is 4.79 Å². The monoisotopic (exact) mass is 317 g/mol. The Morgan fingerprint density at radius 2 is 1.78 bits per heavy atom. The molecule has 0 heterocycles. The number of carbonyl (C=O) groups is 2. The summed E-state index contributed by atoms with van der Waals surface area (Å²) in [6.07, 6.45) is 5.80. The third-order valence-corrected chi connectivity index (χ3v) is 4.21. The topological polar surface area (TPSA) is 55.4 Å². The normalized spacial score (nSPS) is 21.5. The van der Waals surface area contributed by atoms with Crippen molar-refractivity contribution in [1.29, 1.82) is 0 Å². The number of rotatable bonds is 4. The lowest BCUT2D eigenvalue weighted by atomic mass is 9.82. The van der Waals surface area contributed by atoms with Gasteiger partial charge in [-0.1, -0.05) is 24.3 Å². The molecule has 0 bridgehead atoms. The van der Waals surface area contributed by atoms with Crippen LogP contribution >= 0.6 is 0 Å². The maximum atomic E-state index is 11.8. The average molecular weight is 317 g/mol. The molecule has 0 aromatic heterocycles. The Kier molecular flexibility index (Phi) is 5.80. The number of alkyl carbamates (subject to hydrolysis) is 1. The summed E-state index contributed by atoms with van der Waals surface area (Å²) in [5, 5.41) is 2.97. The summed E-state index contributed by atoms with van der Waals surface area (Å²) in [6, 6.07) is 8.04. The standard InChI is InChI=1S/C19H27NO3/c1-19(2,3)23-18(22)20-17-10-8-15(9-11-17)12-14-4-6-16(13-21)7-5-14/h4-7,13,15,17H,8-12H2,1-3H3,(H,20,22)/t15-,17+. The maximum absolute atomic E-state index is 11.8. The zero-order chi connectivity index (χ0) is 16.9. The van der Waals surface area contributed by atoms with E-state index in [1.54, 1.807) is 0 Å². The minimum Gasteiger partial charge on any atom is -0.444 e. The van der Waals surface area contributed by atoms with E-state index >= 15 is 0 Å². The molecule has 1 aromatic rings. The molecule has 2 rings (SSSR count). The SMILES string of the molecule is CC(C)(C)OC(=O)N[C@H]1CC[C@@H](Cc2ccc(C=O)cc2)CC1. The first-order valence-electron chi connectivity index (χ1n) is 8.39. The van der Waals surface area contributed by atoms with Gasteiger partial charge in [-0.2, -0.15) is 0 Å². The Hall–Kier alpha value is -1.84. The second kappa shape index (κ2) is 7.62. The molecule has 4 nitrogen and oxygen atoms in total. The molecular weight excluding hydrogens is 290 g/mol. The Morgan fingerprint density at radius 1 is 1.17 bits per heavy atom. The molecule has 1 aliphatic carbocycles. The Bertz CT molecular complexity index is 523. The number of aldehydes is 1. The van der Waals surface area contributed by atoms with Gasteiger partial charge in [0, 0.05) is 11.6 Å². The van der Waals surface area contributed by atoms with E-state index in [4.69, 9.17) is 4.74 Å². The molecule has 23 heavy (non-hydrogen) atoms. The third-order valence-electron chi connectivity index (χ3n) is 4.21. The minimum atomic E-state index is -0.449. The van der Waals surface area contributed by atoms with E-state index < -0.39 is 5.60 Å². The van der Waals surface area contributed by atoms with Crippen LogP contribution in [-0.4, -0.2) is 24.0 Å². The van der Waals surface area contributed by atoms with Gasteiger partial charge in [-0.05, 0) is 64.4 Å². The first kappa shape index (κ1) is 17.5. The van der Waals surface area contributed by atoms with E-state index in [0.29, 0.717) is 5.92 Å². The zero-order valence-electron chi connectivity index (χ0n) is 14.3. The molecule has 0 aliphatic heterocycles. The predicted molar refractivity (Wildman–Crippen MR) is 90.6 cm³/mol. The quantitative estimate of drug-likeness (QED) is 0.850. The van der Waals surface area contributed by atoms with Gasteiger partial charge in [0.05, 0.1) is 0 Å². The molecule has 1 fully saturated rings. The third kappa shape index (κ3) is 6.05. The average Bonchev–Trinajstić information content (AvgIpc) is 2.48. The van der Waals surface area contributed by atoms with Crippen LogP contribution in [0.25, 0.3) is 0 Å². The molecule has 1 aromatic carbocycles. The lowest BCUT2D eigenvalue weighted by Crippen LogP contribution is -2.41. The zero-order valence-corrected chi connectivity index (χ0v) is 14.3. The van der Waals surface area contributed by atoms with Crippen molar-refractivity contribution in [2.75, 3.05) is 0 Å². The fraction of sp³-hybridized carbons (Fsp3) is 0.579. The van der Waals surface area contributed by atoms with E-state index in [0.717, 1.165) is 44.0 Å². The predicted octanol–water partition coefficient (Wildman–Crippen LogP) is 4.13. The van der Waals surface area contributed by atoms with Crippen molar-refractivity contribution < 1.29 is 14.3 Å². The van der Waals surface area contributed by atoms with Crippen LogP contribution in [0.5, 0.6) is 0 Å². The highest BCUT2D eigenvalue weighted by molar-refractivity contribution is 5.74. The van der Waals surface area contributed by atoms with Crippen molar-refractivity contribution in [1.82, 2.24) is 5.32 Å². The Balaban J connectivity index is 1.75. The molecule has 0 saturated heterocycles. The van der Waals surface area contributed by atoms with Crippen molar-refractivity contribution in [3.63, 3.8) is 0 Å². The van der Waals surface area contributed by atoms with Gasteiger partial charge in [0.1, 0.15) is 11.9 Å². The van der Waals surface area contributed by atoms with Crippen LogP contribution in [0.15, 0.2) is 24.3 Å². The number of hydrogen-bond donors (Lipinski definition) is 1. The van der Waals surface area contributed by atoms with Crippen LogP contribution in [0.3, 0.4) is 0 Å². The summed E-state index contributed by atoms with van der Waals surface area (Å²) in [5.74, 6) is 0.647. The molecule has 1 aliphatic rings. The van der Waals surface area contributed by atoms with Crippen LogP contribution in [0, 0.1) is 5.92 Å². The number of carbonyl (C=O) groups excluding carboxylic acids is 2. The lowest BCUT2D eigenvalue weighted by Gasteiger charge is -2.30.